The lowest BCUT2D eigenvalue weighted by Gasteiger charge is -2.29. The topological polar surface area (TPSA) is 46.6 Å². The number of carbonyl (C=O) groups excluding carboxylic acids is 2. The second-order valence-corrected chi connectivity index (χ2v) is 4.99. The minimum absolute atomic E-state index is 0.0732. The zero-order chi connectivity index (χ0) is 12.1. The van der Waals surface area contributed by atoms with Crippen molar-refractivity contribution in [2.45, 2.75) is 38.3 Å². The van der Waals surface area contributed by atoms with Gasteiger partial charge in [-0.05, 0) is 31.8 Å². The van der Waals surface area contributed by atoms with Crippen LogP contribution in [0.1, 0.15) is 26.2 Å². The lowest BCUT2D eigenvalue weighted by molar-refractivity contribution is -0.150. The Morgan fingerprint density at radius 3 is 2.94 bits per heavy atom. The van der Waals surface area contributed by atoms with Crippen LogP contribution in [-0.4, -0.2) is 48.0 Å². The van der Waals surface area contributed by atoms with Gasteiger partial charge in [0, 0.05) is 12.5 Å². The molecule has 16 heavy (non-hydrogen) atoms. The van der Waals surface area contributed by atoms with Gasteiger partial charge in [-0.1, -0.05) is 0 Å². The number of rotatable bonds is 5. The highest BCUT2D eigenvalue weighted by Gasteiger charge is 2.39. The zero-order valence-electron chi connectivity index (χ0n) is 10.1. The average Bonchev–Trinajstić information content (AvgIpc) is 2.67. The summed E-state index contributed by atoms with van der Waals surface area (Å²) in [5.41, 5.74) is 0. The van der Waals surface area contributed by atoms with Gasteiger partial charge in [-0.25, -0.2) is 4.79 Å². The summed E-state index contributed by atoms with van der Waals surface area (Å²) in [6.45, 7) is 2.00. The van der Waals surface area contributed by atoms with Crippen LogP contribution in [0.2, 0.25) is 0 Å². The van der Waals surface area contributed by atoms with Crippen molar-refractivity contribution in [1.82, 2.24) is 4.90 Å². The molecule has 92 valence electrons. The zero-order valence-corrected chi connectivity index (χ0v) is 10.9. The van der Waals surface area contributed by atoms with Gasteiger partial charge in [0.1, 0.15) is 6.04 Å². The summed E-state index contributed by atoms with van der Waals surface area (Å²) in [5, 5.41) is 0. The van der Waals surface area contributed by atoms with Crippen LogP contribution in [0.15, 0.2) is 0 Å². The Morgan fingerprint density at radius 2 is 2.38 bits per heavy atom. The van der Waals surface area contributed by atoms with Gasteiger partial charge >= 0.3 is 5.97 Å². The highest BCUT2D eigenvalue weighted by molar-refractivity contribution is 7.98. The van der Waals surface area contributed by atoms with Gasteiger partial charge in [0.15, 0.2) is 0 Å². The van der Waals surface area contributed by atoms with Crippen molar-refractivity contribution < 1.29 is 14.3 Å². The van der Waals surface area contributed by atoms with E-state index < -0.39 is 0 Å². The molecule has 0 spiro atoms. The molecule has 0 aromatic carbocycles. The molecule has 1 fully saturated rings. The molecule has 1 aliphatic rings. The average molecular weight is 245 g/mol. The second-order valence-electron chi connectivity index (χ2n) is 4.01. The monoisotopic (exact) mass is 245 g/mol. The molecule has 5 heteroatoms. The fourth-order valence-electron chi connectivity index (χ4n) is 2.05. The third-order valence-corrected chi connectivity index (χ3v) is 3.59. The molecule has 0 aliphatic carbocycles. The van der Waals surface area contributed by atoms with Crippen LogP contribution in [0.25, 0.3) is 0 Å². The number of methoxy groups -OCH3 is 1. The maximum Gasteiger partial charge on any atom is 0.328 e. The molecule has 1 saturated heterocycles. The van der Waals surface area contributed by atoms with E-state index in [2.05, 4.69) is 0 Å². The van der Waals surface area contributed by atoms with E-state index in [1.54, 1.807) is 16.7 Å². The predicted molar refractivity (Wildman–Crippen MR) is 64.3 cm³/mol. The highest BCUT2D eigenvalue weighted by atomic mass is 32.2. The molecule has 1 rings (SSSR count). The molecule has 2 unspecified atom stereocenters. The maximum absolute atomic E-state index is 11.7. The van der Waals surface area contributed by atoms with Gasteiger partial charge in [-0.3, -0.25) is 4.79 Å². The Labute approximate surface area is 101 Å². The van der Waals surface area contributed by atoms with E-state index in [1.807, 2.05) is 13.2 Å². The van der Waals surface area contributed by atoms with Gasteiger partial charge < -0.3 is 9.64 Å². The smallest absolute Gasteiger partial charge is 0.328 e. The van der Waals surface area contributed by atoms with Crippen LogP contribution in [0.5, 0.6) is 0 Å². The van der Waals surface area contributed by atoms with Crippen LogP contribution in [-0.2, 0) is 14.3 Å². The Bertz CT molecular complexity index is 270. The number of likely N-dealkylation sites (tertiary alicyclic amines) is 1. The van der Waals surface area contributed by atoms with Gasteiger partial charge in [0.25, 0.3) is 0 Å². The molecule has 0 saturated carbocycles. The summed E-state index contributed by atoms with van der Waals surface area (Å²) in [4.78, 5) is 24.9. The molecule has 0 aromatic heterocycles. The third kappa shape index (κ3) is 2.90. The summed E-state index contributed by atoms with van der Waals surface area (Å²) in [7, 11) is 1.37. The molecule has 0 bridgehead atoms. The Kier molecular flexibility index (Phi) is 5.12. The van der Waals surface area contributed by atoms with E-state index >= 15 is 0 Å². The van der Waals surface area contributed by atoms with E-state index in [-0.39, 0.29) is 24.0 Å². The Balaban J connectivity index is 2.65. The molecule has 2 atom stereocenters. The summed E-state index contributed by atoms with van der Waals surface area (Å²) < 4.78 is 4.73. The molecular weight excluding hydrogens is 226 g/mol. The first kappa shape index (κ1) is 13.4. The summed E-state index contributed by atoms with van der Waals surface area (Å²) in [5.74, 6) is 0.782. The van der Waals surface area contributed by atoms with Crippen LogP contribution in [0.4, 0.5) is 0 Å². The highest BCUT2D eigenvalue weighted by Crippen LogP contribution is 2.24. The fourth-order valence-corrected chi connectivity index (χ4v) is 2.63. The van der Waals surface area contributed by atoms with Gasteiger partial charge in [0.2, 0.25) is 5.91 Å². The van der Waals surface area contributed by atoms with Crippen molar-refractivity contribution in [3.05, 3.63) is 0 Å². The largest absolute Gasteiger partial charge is 0.467 e. The lowest BCUT2D eigenvalue weighted by Crippen LogP contribution is -2.45. The van der Waals surface area contributed by atoms with Crippen LogP contribution in [0, 0.1) is 0 Å². The fraction of sp³-hybridized carbons (Fsp3) is 0.818. The van der Waals surface area contributed by atoms with Crippen molar-refractivity contribution in [1.29, 1.82) is 0 Å². The van der Waals surface area contributed by atoms with Crippen molar-refractivity contribution in [3.63, 3.8) is 0 Å². The molecular formula is C11H19NO3S. The van der Waals surface area contributed by atoms with Crippen molar-refractivity contribution in [2.75, 3.05) is 19.1 Å². The Morgan fingerprint density at radius 1 is 1.69 bits per heavy atom. The number of hydrogen-bond acceptors (Lipinski definition) is 4. The van der Waals surface area contributed by atoms with Crippen LogP contribution < -0.4 is 0 Å². The normalized spacial score (nSPS) is 22.3. The number of amides is 1. The van der Waals surface area contributed by atoms with Gasteiger partial charge in [-0.15, -0.1) is 0 Å². The maximum atomic E-state index is 11.7. The van der Waals surface area contributed by atoms with E-state index in [1.165, 1.54) is 7.11 Å². The SMILES string of the molecule is COC(=O)C1CCC(=O)N1C(C)CCSC. The molecule has 0 N–H and O–H groups in total. The molecule has 0 radical (unpaired) electrons. The number of thioether (sulfide) groups is 1. The van der Waals surface area contributed by atoms with Crippen molar-refractivity contribution >= 4 is 23.6 Å². The summed E-state index contributed by atoms with van der Waals surface area (Å²) in [6.07, 6.45) is 4.01. The third-order valence-electron chi connectivity index (χ3n) is 2.94. The summed E-state index contributed by atoms with van der Waals surface area (Å²) >= 11 is 1.75. The van der Waals surface area contributed by atoms with E-state index in [4.69, 9.17) is 4.74 Å². The van der Waals surface area contributed by atoms with Crippen molar-refractivity contribution in [3.8, 4) is 0 Å². The molecule has 1 amide bonds. The van der Waals surface area contributed by atoms with Crippen LogP contribution >= 0.6 is 11.8 Å². The number of ether oxygens (including phenoxy) is 1. The van der Waals surface area contributed by atoms with Gasteiger partial charge in [-0.2, -0.15) is 11.8 Å². The lowest BCUT2D eigenvalue weighted by atomic mass is 10.1. The first-order valence-electron chi connectivity index (χ1n) is 5.49. The Hall–Kier alpha value is -0.710. The number of carbonyl (C=O) groups is 2. The number of esters is 1. The summed E-state index contributed by atoms with van der Waals surface area (Å²) in [6, 6.07) is -0.249. The number of hydrogen-bond donors (Lipinski definition) is 0. The van der Waals surface area contributed by atoms with Crippen LogP contribution in [0.3, 0.4) is 0 Å². The number of nitrogens with zero attached hydrogens (tertiary/aromatic N) is 1. The quantitative estimate of drug-likeness (QED) is 0.685. The first-order chi connectivity index (χ1) is 7.61. The standard InChI is InChI=1S/C11H19NO3S/c1-8(6-7-16-3)12-9(11(14)15-2)4-5-10(12)13/h8-9H,4-7H2,1-3H3. The molecule has 1 heterocycles. The molecule has 4 nitrogen and oxygen atoms in total. The molecule has 0 aromatic rings. The van der Waals surface area contributed by atoms with E-state index in [0.717, 1.165) is 12.2 Å². The minimum Gasteiger partial charge on any atom is -0.467 e. The van der Waals surface area contributed by atoms with Gasteiger partial charge in [0.05, 0.1) is 7.11 Å². The molecule has 1 aliphatic heterocycles. The minimum atomic E-state index is -0.366. The van der Waals surface area contributed by atoms with E-state index in [9.17, 15) is 9.59 Å². The predicted octanol–water partition coefficient (Wildman–Crippen LogP) is 1.29. The van der Waals surface area contributed by atoms with E-state index in [0.29, 0.717) is 12.8 Å². The second kappa shape index (κ2) is 6.13. The first-order valence-corrected chi connectivity index (χ1v) is 6.89. The van der Waals surface area contributed by atoms with Crippen molar-refractivity contribution in [2.24, 2.45) is 0 Å².